The van der Waals surface area contributed by atoms with Gasteiger partial charge in [0.1, 0.15) is 30.2 Å². The average Bonchev–Trinajstić information content (AvgIpc) is 3.54. The molecule has 220 valence electrons. The summed E-state index contributed by atoms with van der Waals surface area (Å²) in [5.41, 5.74) is 8.19. The number of thioether (sulfide) groups is 2. The molecule has 0 bridgehead atoms. The predicted molar refractivity (Wildman–Crippen MR) is 159 cm³/mol. The van der Waals surface area contributed by atoms with Crippen molar-refractivity contribution in [3.8, 4) is 0 Å². The summed E-state index contributed by atoms with van der Waals surface area (Å²) in [5, 5.41) is 15.7. The highest BCUT2D eigenvalue weighted by molar-refractivity contribution is 8.00. The zero-order valence-corrected chi connectivity index (χ0v) is 25.2. The highest BCUT2D eigenvalue weighted by Gasteiger charge is 2.43. The highest BCUT2D eigenvalue weighted by Crippen LogP contribution is 2.38. The second-order valence-corrected chi connectivity index (χ2v) is 11.9. The summed E-state index contributed by atoms with van der Waals surface area (Å²) in [6.07, 6.45) is 3.64. The number of esters is 1. The van der Waals surface area contributed by atoms with Crippen LogP contribution in [0.15, 0.2) is 44.0 Å². The number of aryl methyl sites for hydroxylation is 2. The molecule has 0 unspecified atom stereocenters. The van der Waals surface area contributed by atoms with Crippen LogP contribution in [0.4, 0.5) is 16.6 Å². The number of nitrogen functional groups attached to an aromatic ring is 1. The molecule has 1 atom stereocenters. The van der Waals surface area contributed by atoms with Crippen molar-refractivity contribution >= 4 is 75.0 Å². The molecule has 2 aliphatic rings. The maximum Gasteiger partial charge on any atom is 0.355 e. The minimum Gasteiger partial charge on any atom is -0.450 e. The first-order valence-electron chi connectivity index (χ1n) is 12.5. The molecule has 0 saturated carbocycles. The summed E-state index contributed by atoms with van der Waals surface area (Å²) in [4.78, 5) is 53.6. The van der Waals surface area contributed by atoms with Crippen molar-refractivity contribution < 1.29 is 28.5 Å². The molecule has 17 heteroatoms. The van der Waals surface area contributed by atoms with Crippen molar-refractivity contribution in [1.29, 1.82) is 0 Å². The molecule has 1 fully saturated rings. The Balaban J connectivity index is 1.35. The number of carbonyl (C=O) groups excluding carboxylic acids is 3. The number of anilines is 3. The molecule has 2 amide bonds. The molecule has 4 N–H and O–H groups in total. The number of thiazole rings is 1. The number of β-lactam (4-membered cyclic amide) rings is 1. The molecule has 1 saturated heterocycles. The number of fused-ring (bicyclic) bond motifs is 1. The first kappa shape index (κ1) is 29.4. The Kier molecular flexibility index (Phi) is 8.98. The fourth-order valence-corrected chi connectivity index (χ4v) is 6.60. The summed E-state index contributed by atoms with van der Waals surface area (Å²) in [5.74, 6) is 0.122. The molecular weight excluding hydrogens is 605 g/mol. The molecule has 3 aromatic rings. The van der Waals surface area contributed by atoms with Gasteiger partial charge in [0, 0.05) is 34.3 Å². The number of ether oxygens (including phenoxy) is 1. The topological polar surface area (TPSA) is 187 Å². The van der Waals surface area contributed by atoms with Gasteiger partial charge in [-0.05, 0) is 26.0 Å². The maximum atomic E-state index is 13.3. The van der Waals surface area contributed by atoms with Gasteiger partial charge in [-0.3, -0.25) is 14.5 Å². The highest BCUT2D eigenvalue weighted by atomic mass is 32.2. The van der Waals surface area contributed by atoms with E-state index in [1.54, 1.807) is 36.2 Å². The van der Waals surface area contributed by atoms with E-state index in [9.17, 15) is 14.4 Å². The van der Waals surface area contributed by atoms with Gasteiger partial charge >= 0.3 is 5.97 Å². The summed E-state index contributed by atoms with van der Waals surface area (Å²) >= 11 is 3.98. The summed E-state index contributed by atoms with van der Waals surface area (Å²) in [6, 6.07) is 1.72. The van der Waals surface area contributed by atoms with Gasteiger partial charge in [-0.1, -0.05) is 22.1 Å². The van der Waals surface area contributed by atoms with Gasteiger partial charge in [-0.25, -0.2) is 14.8 Å². The predicted octanol–water partition coefficient (Wildman–Crippen LogP) is 3.11. The standard InChI is InChI=1S/C25H26N8O6S3/c1-12-14(13(2)39-31-12)9-28-21-17(42-11-38-24(36)16-5-7-40-19-8-18(34)33(16)19)4-6-27-22(21)30-23(35)20(32-37-3)15-10-41-25(26)29-15/h4-6,10,19,28H,7-9,11H2,1-3H3,(H2,26,29)(H,27,30,35)/t19-/m0/s1. The first-order valence-corrected chi connectivity index (χ1v) is 15.4. The van der Waals surface area contributed by atoms with Gasteiger partial charge in [0.2, 0.25) is 5.91 Å². The normalized spacial score (nSPS) is 16.3. The van der Waals surface area contributed by atoms with E-state index in [1.807, 2.05) is 6.92 Å². The zero-order valence-electron chi connectivity index (χ0n) is 22.7. The lowest BCUT2D eigenvalue weighted by atomic mass is 10.1. The fourth-order valence-electron chi connectivity index (χ4n) is 4.17. The zero-order chi connectivity index (χ0) is 29.8. The second kappa shape index (κ2) is 12.8. The Labute approximate surface area is 252 Å². The molecule has 42 heavy (non-hydrogen) atoms. The third-order valence-electron chi connectivity index (χ3n) is 6.27. The van der Waals surface area contributed by atoms with Gasteiger partial charge in [-0.2, -0.15) is 0 Å². The van der Waals surface area contributed by atoms with E-state index in [4.69, 9.17) is 19.8 Å². The number of hydrogen-bond donors (Lipinski definition) is 3. The van der Waals surface area contributed by atoms with Crippen LogP contribution in [-0.2, 0) is 30.5 Å². The molecule has 5 rings (SSSR count). The van der Waals surface area contributed by atoms with Crippen molar-refractivity contribution in [2.75, 3.05) is 35.2 Å². The minimum atomic E-state index is -0.625. The van der Waals surface area contributed by atoms with Crippen molar-refractivity contribution in [3.05, 3.63) is 52.1 Å². The van der Waals surface area contributed by atoms with Crippen LogP contribution < -0.4 is 16.4 Å². The Bertz CT molecular complexity index is 1570. The van der Waals surface area contributed by atoms with Crippen LogP contribution in [0.3, 0.4) is 0 Å². The molecule has 0 aromatic carbocycles. The average molecular weight is 631 g/mol. The molecule has 0 radical (unpaired) electrons. The van der Waals surface area contributed by atoms with E-state index in [1.165, 1.54) is 30.0 Å². The Morgan fingerprint density at radius 1 is 1.36 bits per heavy atom. The number of hydrogen-bond acceptors (Lipinski definition) is 15. The van der Waals surface area contributed by atoms with E-state index in [-0.39, 0.29) is 45.3 Å². The molecule has 0 spiro atoms. The summed E-state index contributed by atoms with van der Waals surface area (Å²) in [7, 11) is 1.32. The minimum absolute atomic E-state index is 0.0172. The number of amides is 2. The number of nitrogens with one attached hydrogen (secondary N) is 2. The molecule has 0 aliphatic carbocycles. The number of oxime groups is 1. The molecule has 2 aliphatic heterocycles. The number of aromatic nitrogens is 3. The van der Waals surface area contributed by atoms with E-state index in [2.05, 4.69) is 30.9 Å². The Hall–Kier alpha value is -4.09. The number of carbonyl (C=O) groups is 3. The lowest BCUT2D eigenvalue weighted by Gasteiger charge is -2.42. The largest absolute Gasteiger partial charge is 0.450 e. The van der Waals surface area contributed by atoms with Crippen LogP contribution in [0.1, 0.15) is 29.1 Å². The van der Waals surface area contributed by atoms with E-state index >= 15 is 0 Å². The summed E-state index contributed by atoms with van der Waals surface area (Å²) in [6.45, 7) is 3.94. The smallest absolute Gasteiger partial charge is 0.355 e. The van der Waals surface area contributed by atoms with Gasteiger partial charge < -0.3 is 30.5 Å². The molecular formula is C25H26N8O6S3. The Morgan fingerprint density at radius 2 is 2.19 bits per heavy atom. The van der Waals surface area contributed by atoms with Gasteiger partial charge in [0.05, 0.1) is 23.2 Å². The monoisotopic (exact) mass is 630 g/mol. The number of nitrogens with zero attached hydrogens (tertiary/aromatic N) is 5. The van der Waals surface area contributed by atoms with Crippen LogP contribution in [0, 0.1) is 13.8 Å². The molecule has 3 aromatic heterocycles. The molecule has 5 heterocycles. The van der Waals surface area contributed by atoms with Crippen LogP contribution in [-0.4, -0.2) is 67.7 Å². The van der Waals surface area contributed by atoms with Crippen LogP contribution >= 0.6 is 34.9 Å². The number of pyridine rings is 1. The van der Waals surface area contributed by atoms with Gasteiger partial charge in [-0.15, -0.1) is 23.1 Å². The number of rotatable bonds is 11. The van der Waals surface area contributed by atoms with E-state index in [0.29, 0.717) is 40.8 Å². The SMILES string of the molecule is CON=C(C(=O)Nc1nccc(SCOC(=O)C2=CCS[C@H]3CC(=O)N23)c1NCc1c(C)noc1C)c1csc(N)n1. The number of nitrogens with two attached hydrogens (primary N) is 1. The lowest BCUT2D eigenvalue weighted by Crippen LogP contribution is -2.53. The van der Waals surface area contributed by atoms with Crippen molar-refractivity contribution in [3.63, 3.8) is 0 Å². The maximum absolute atomic E-state index is 13.3. The quantitative estimate of drug-likeness (QED) is 0.0701. The fraction of sp³-hybridized carbons (Fsp3) is 0.320. The summed E-state index contributed by atoms with van der Waals surface area (Å²) < 4.78 is 10.8. The van der Waals surface area contributed by atoms with Crippen molar-refractivity contribution in [2.45, 2.75) is 37.1 Å². The van der Waals surface area contributed by atoms with Gasteiger partial charge in [0.15, 0.2) is 16.7 Å². The van der Waals surface area contributed by atoms with Crippen LogP contribution in [0.25, 0.3) is 0 Å². The Morgan fingerprint density at radius 3 is 2.88 bits per heavy atom. The van der Waals surface area contributed by atoms with Crippen LogP contribution in [0.2, 0.25) is 0 Å². The molecule has 14 nitrogen and oxygen atoms in total. The van der Waals surface area contributed by atoms with Crippen molar-refractivity contribution in [2.24, 2.45) is 5.16 Å². The van der Waals surface area contributed by atoms with Crippen LogP contribution in [0.5, 0.6) is 0 Å². The third kappa shape index (κ3) is 6.22. The second-order valence-electron chi connectivity index (χ2n) is 8.88. The van der Waals surface area contributed by atoms with E-state index < -0.39 is 11.9 Å². The third-order valence-corrected chi connectivity index (χ3v) is 8.96. The van der Waals surface area contributed by atoms with Gasteiger partial charge in [0.25, 0.3) is 5.91 Å². The lowest BCUT2D eigenvalue weighted by molar-refractivity contribution is -0.148. The van der Waals surface area contributed by atoms with Crippen molar-refractivity contribution in [1.82, 2.24) is 20.0 Å². The first-order chi connectivity index (χ1) is 20.3. The van der Waals surface area contributed by atoms with E-state index in [0.717, 1.165) is 16.9 Å².